The average Bonchev–Trinajstić information content (AvgIpc) is 2.76. The summed E-state index contributed by atoms with van der Waals surface area (Å²) in [7, 11) is 0. The fraction of sp³-hybridized carbons (Fsp3) is 0.182. The Labute approximate surface area is 98.3 Å². The van der Waals surface area contributed by atoms with E-state index in [9.17, 15) is 4.79 Å². The Kier molecular flexibility index (Phi) is 3.15. The fourth-order valence-electron chi connectivity index (χ4n) is 1.42. The van der Waals surface area contributed by atoms with Gasteiger partial charge in [0.1, 0.15) is 5.82 Å². The van der Waals surface area contributed by atoms with Crippen LogP contribution in [0.15, 0.2) is 24.3 Å². The normalized spacial score (nSPS) is 10.2. The number of nitrogens with two attached hydrogens (primary N) is 1. The lowest BCUT2D eigenvalue weighted by molar-refractivity contribution is -0.114. The zero-order chi connectivity index (χ0) is 12.3. The van der Waals surface area contributed by atoms with Crippen molar-refractivity contribution in [3.8, 4) is 11.4 Å². The number of hydrogen-bond acceptors (Lipinski definition) is 4. The third kappa shape index (κ3) is 2.67. The highest BCUT2D eigenvalue weighted by Gasteiger charge is 2.05. The van der Waals surface area contributed by atoms with E-state index in [0.717, 1.165) is 11.4 Å². The Morgan fingerprint density at radius 3 is 3.00 bits per heavy atom. The minimum atomic E-state index is -0.228. The van der Waals surface area contributed by atoms with Crippen LogP contribution in [0.4, 0.5) is 5.69 Å². The van der Waals surface area contributed by atoms with Crippen LogP contribution >= 0.6 is 0 Å². The second-order valence-corrected chi connectivity index (χ2v) is 3.58. The highest BCUT2D eigenvalue weighted by Crippen LogP contribution is 2.18. The van der Waals surface area contributed by atoms with E-state index < -0.39 is 0 Å². The van der Waals surface area contributed by atoms with Crippen molar-refractivity contribution in [1.82, 2.24) is 15.2 Å². The van der Waals surface area contributed by atoms with E-state index in [0.29, 0.717) is 11.5 Å². The first-order valence-corrected chi connectivity index (χ1v) is 5.18. The molecule has 0 saturated heterocycles. The summed E-state index contributed by atoms with van der Waals surface area (Å²) in [6.45, 7) is 1.79. The van der Waals surface area contributed by atoms with Crippen LogP contribution in [0.3, 0.4) is 0 Å². The summed E-state index contributed by atoms with van der Waals surface area (Å²) in [5.74, 6) is 1.12. The lowest BCUT2D eigenvalue weighted by Gasteiger charge is -2.04. The monoisotopic (exact) mass is 231 g/mol. The number of aromatic amines is 1. The van der Waals surface area contributed by atoms with Gasteiger partial charge in [0.25, 0.3) is 0 Å². The molecule has 17 heavy (non-hydrogen) atoms. The molecule has 1 heterocycles. The number of anilines is 1. The van der Waals surface area contributed by atoms with E-state index in [-0.39, 0.29) is 12.5 Å². The van der Waals surface area contributed by atoms with Crippen molar-refractivity contribution in [2.75, 3.05) is 11.9 Å². The summed E-state index contributed by atoms with van der Waals surface area (Å²) in [5, 5.41) is 9.50. The van der Waals surface area contributed by atoms with Crippen molar-refractivity contribution in [3.05, 3.63) is 30.1 Å². The van der Waals surface area contributed by atoms with Crippen LogP contribution in [0.2, 0.25) is 0 Å². The smallest absolute Gasteiger partial charge is 0.238 e. The molecule has 2 rings (SSSR count). The van der Waals surface area contributed by atoms with E-state index in [4.69, 9.17) is 5.73 Å². The number of nitrogens with zero attached hydrogens (tertiary/aromatic N) is 2. The van der Waals surface area contributed by atoms with E-state index >= 15 is 0 Å². The van der Waals surface area contributed by atoms with Crippen LogP contribution in [0.5, 0.6) is 0 Å². The molecule has 88 valence electrons. The maximum absolute atomic E-state index is 11.2. The molecule has 0 aliphatic rings. The van der Waals surface area contributed by atoms with Gasteiger partial charge in [-0.15, -0.1) is 0 Å². The standard InChI is InChI=1S/C11H13N5O/c1-7-13-11(16-15-7)8-3-2-4-9(5-8)14-10(17)6-12/h2-5H,6,12H2,1H3,(H,14,17)(H,13,15,16). The summed E-state index contributed by atoms with van der Waals surface area (Å²) in [5.41, 5.74) is 6.75. The predicted molar refractivity (Wildman–Crippen MR) is 64.2 cm³/mol. The van der Waals surface area contributed by atoms with Crippen LogP contribution in [0, 0.1) is 6.92 Å². The summed E-state index contributed by atoms with van der Waals surface area (Å²) in [6.07, 6.45) is 0. The molecule has 0 aliphatic carbocycles. The Balaban J connectivity index is 2.25. The topological polar surface area (TPSA) is 96.7 Å². The average molecular weight is 231 g/mol. The molecule has 4 N–H and O–H groups in total. The van der Waals surface area contributed by atoms with Crippen LogP contribution in [0.25, 0.3) is 11.4 Å². The Morgan fingerprint density at radius 2 is 2.35 bits per heavy atom. The van der Waals surface area contributed by atoms with Gasteiger partial charge in [0.2, 0.25) is 5.91 Å². The summed E-state index contributed by atoms with van der Waals surface area (Å²) >= 11 is 0. The molecular formula is C11H13N5O. The van der Waals surface area contributed by atoms with Gasteiger partial charge in [0.15, 0.2) is 5.82 Å². The molecule has 0 aliphatic heterocycles. The molecule has 1 aromatic heterocycles. The molecule has 0 unspecified atom stereocenters. The highest BCUT2D eigenvalue weighted by atomic mass is 16.1. The quantitative estimate of drug-likeness (QED) is 0.723. The van der Waals surface area contributed by atoms with E-state index in [2.05, 4.69) is 20.5 Å². The Hall–Kier alpha value is -2.21. The predicted octanol–water partition coefficient (Wildman–Crippen LogP) is 0.677. The van der Waals surface area contributed by atoms with Crippen molar-refractivity contribution < 1.29 is 4.79 Å². The first-order chi connectivity index (χ1) is 8.19. The maximum Gasteiger partial charge on any atom is 0.238 e. The molecule has 0 atom stereocenters. The van der Waals surface area contributed by atoms with Gasteiger partial charge in [0.05, 0.1) is 6.54 Å². The second kappa shape index (κ2) is 4.75. The van der Waals surface area contributed by atoms with Crippen LogP contribution in [-0.2, 0) is 4.79 Å². The third-order valence-corrected chi connectivity index (χ3v) is 2.19. The molecule has 1 aromatic carbocycles. The van der Waals surface area contributed by atoms with Gasteiger partial charge in [-0.05, 0) is 19.1 Å². The van der Waals surface area contributed by atoms with Gasteiger partial charge in [-0.25, -0.2) is 4.98 Å². The van der Waals surface area contributed by atoms with E-state index in [1.165, 1.54) is 0 Å². The molecular weight excluding hydrogens is 218 g/mol. The molecule has 6 nitrogen and oxygen atoms in total. The number of hydrogen-bond donors (Lipinski definition) is 3. The number of amides is 1. The number of carbonyl (C=O) groups excluding carboxylic acids is 1. The van der Waals surface area contributed by atoms with Gasteiger partial charge in [-0.1, -0.05) is 12.1 Å². The Morgan fingerprint density at radius 1 is 1.53 bits per heavy atom. The van der Waals surface area contributed by atoms with Crippen molar-refractivity contribution in [2.45, 2.75) is 6.92 Å². The molecule has 0 bridgehead atoms. The van der Waals surface area contributed by atoms with Gasteiger partial charge < -0.3 is 11.1 Å². The molecule has 0 spiro atoms. The highest BCUT2D eigenvalue weighted by molar-refractivity contribution is 5.92. The third-order valence-electron chi connectivity index (χ3n) is 2.19. The van der Waals surface area contributed by atoms with Gasteiger partial charge in [-0.3, -0.25) is 9.89 Å². The fourth-order valence-corrected chi connectivity index (χ4v) is 1.42. The maximum atomic E-state index is 11.2. The lowest BCUT2D eigenvalue weighted by atomic mass is 10.2. The second-order valence-electron chi connectivity index (χ2n) is 3.58. The zero-order valence-electron chi connectivity index (χ0n) is 9.40. The number of aryl methyl sites for hydroxylation is 1. The number of nitrogens with one attached hydrogen (secondary N) is 2. The summed E-state index contributed by atoms with van der Waals surface area (Å²) in [4.78, 5) is 15.4. The molecule has 0 fully saturated rings. The molecule has 0 saturated carbocycles. The first kappa shape index (κ1) is 11.3. The molecule has 6 heteroatoms. The van der Waals surface area contributed by atoms with Crippen molar-refractivity contribution in [3.63, 3.8) is 0 Å². The first-order valence-electron chi connectivity index (χ1n) is 5.18. The van der Waals surface area contributed by atoms with Crippen LogP contribution in [-0.4, -0.2) is 27.6 Å². The van der Waals surface area contributed by atoms with Gasteiger partial charge in [0, 0.05) is 11.3 Å². The van der Waals surface area contributed by atoms with Crippen molar-refractivity contribution in [2.24, 2.45) is 5.73 Å². The molecule has 1 amide bonds. The Bertz CT molecular complexity index is 534. The largest absolute Gasteiger partial charge is 0.325 e. The van der Waals surface area contributed by atoms with Gasteiger partial charge >= 0.3 is 0 Å². The minimum absolute atomic E-state index is 0.0377. The lowest BCUT2D eigenvalue weighted by Crippen LogP contribution is -2.21. The van der Waals surface area contributed by atoms with E-state index in [1.54, 1.807) is 12.1 Å². The molecule has 0 radical (unpaired) electrons. The van der Waals surface area contributed by atoms with Gasteiger partial charge in [-0.2, -0.15) is 5.10 Å². The number of benzene rings is 1. The van der Waals surface area contributed by atoms with Crippen molar-refractivity contribution in [1.29, 1.82) is 0 Å². The molecule has 2 aromatic rings. The van der Waals surface area contributed by atoms with Crippen LogP contribution < -0.4 is 11.1 Å². The minimum Gasteiger partial charge on any atom is -0.325 e. The summed E-state index contributed by atoms with van der Waals surface area (Å²) in [6, 6.07) is 7.29. The zero-order valence-corrected chi connectivity index (χ0v) is 9.40. The number of aromatic nitrogens is 3. The summed E-state index contributed by atoms with van der Waals surface area (Å²) < 4.78 is 0. The van der Waals surface area contributed by atoms with Crippen molar-refractivity contribution >= 4 is 11.6 Å². The number of rotatable bonds is 3. The SMILES string of the molecule is Cc1nc(-c2cccc(NC(=O)CN)c2)n[nH]1. The van der Waals surface area contributed by atoms with Crippen LogP contribution in [0.1, 0.15) is 5.82 Å². The van der Waals surface area contributed by atoms with E-state index in [1.807, 2.05) is 19.1 Å². The number of H-pyrrole nitrogens is 1. The number of carbonyl (C=O) groups is 1.